The van der Waals surface area contributed by atoms with Crippen LogP contribution in [0.15, 0.2) is 54.7 Å². The van der Waals surface area contributed by atoms with Crippen molar-refractivity contribution in [3.8, 4) is 11.5 Å². The fourth-order valence-electron chi connectivity index (χ4n) is 6.07. The van der Waals surface area contributed by atoms with E-state index in [9.17, 15) is 19.2 Å². The smallest absolute Gasteiger partial charge is 0.247 e. The van der Waals surface area contributed by atoms with Gasteiger partial charge in [0.1, 0.15) is 35.7 Å². The molecule has 4 rings (SSSR count). The van der Waals surface area contributed by atoms with E-state index in [0.717, 1.165) is 5.56 Å². The Bertz CT molecular complexity index is 1430. The summed E-state index contributed by atoms with van der Waals surface area (Å²) in [6, 6.07) is 11.6. The Labute approximate surface area is 277 Å². The van der Waals surface area contributed by atoms with E-state index < -0.39 is 36.2 Å². The number of likely N-dealkylation sites (N-methyl/N-ethyl adjacent to an activating group) is 1. The second-order valence-corrected chi connectivity index (χ2v) is 12.4. The first-order chi connectivity index (χ1) is 22.6. The van der Waals surface area contributed by atoms with Crippen molar-refractivity contribution in [2.45, 2.75) is 83.6 Å². The lowest BCUT2D eigenvalue weighted by molar-refractivity contribution is -0.145. The van der Waals surface area contributed by atoms with E-state index >= 15 is 0 Å². The van der Waals surface area contributed by atoms with Crippen molar-refractivity contribution in [1.29, 1.82) is 0 Å². The Morgan fingerprint density at radius 3 is 2.47 bits per heavy atom. The number of amides is 4. The molecule has 2 aliphatic heterocycles. The average molecular weight is 648 g/mol. The molecule has 11 nitrogen and oxygen atoms in total. The van der Waals surface area contributed by atoms with Crippen LogP contribution in [0.4, 0.5) is 0 Å². The normalized spacial score (nSPS) is 22.8. The van der Waals surface area contributed by atoms with Crippen molar-refractivity contribution in [3.63, 3.8) is 0 Å². The molecule has 0 radical (unpaired) electrons. The summed E-state index contributed by atoms with van der Waals surface area (Å²) in [7, 11) is 3.28. The second-order valence-electron chi connectivity index (χ2n) is 12.4. The Hall–Kier alpha value is -4.38. The molecule has 254 valence electrons. The molecule has 1 unspecified atom stereocenters. The number of ether oxygens (including phenoxy) is 2. The number of nitrogens with zero attached hydrogens (tertiary/aromatic N) is 1. The third-order valence-electron chi connectivity index (χ3n) is 9.39. The molecule has 0 saturated carbocycles. The van der Waals surface area contributed by atoms with Crippen molar-refractivity contribution in [2.75, 3.05) is 20.7 Å². The van der Waals surface area contributed by atoms with Crippen LogP contribution in [0.1, 0.15) is 58.1 Å². The first kappa shape index (κ1) is 35.5. The van der Waals surface area contributed by atoms with Gasteiger partial charge >= 0.3 is 0 Å². The van der Waals surface area contributed by atoms with Gasteiger partial charge < -0.3 is 35.6 Å². The van der Waals surface area contributed by atoms with Crippen LogP contribution in [0, 0.1) is 11.8 Å². The average Bonchev–Trinajstić information content (AvgIpc) is 3.50. The minimum absolute atomic E-state index is 0.187. The highest BCUT2D eigenvalue weighted by Gasteiger charge is 2.47. The molecular weight excluding hydrogens is 598 g/mol. The molecule has 0 aromatic heterocycles. The molecule has 4 N–H and O–H groups in total. The van der Waals surface area contributed by atoms with Gasteiger partial charge in [0.25, 0.3) is 0 Å². The zero-order valence-electron chi connectivity index (χ0n) is 28.2. The van der Waals surface area contributed by atoms with E-state index in [1.54, 1.807) is 38.4 Å². The van der Waals surface area contributed by atoms with E-state index in [4.69, 9.17) is 9.47 Å². The predicted octanol–water partition coefficient (Wildman–Crippen LogP) is 3.04. The van der Waals surface area contributed by atoms with Crippen LogP contribution in [-0.4, -0.2) is 79.5 Å². The lowest BCUT2D eigenvalue weighted by Crippen LogP contribution is -2.61. The Balaban J connectivity index is 1.66. The zero-order chi connectivity index (χ0) is 34.1. The molecule has 0 spiro atoms. The molecule has 1 fully saturated rings. The number of methoxy groups -OCH3 is 1. The molecule has 2 aromatic rings. The Morgan fingerprint density at radius 2 is 1.81 bits per heavy atom. The molecular formula is C36H49N5O6. The molecule has 2 aromatic carbocycles. The van der Waals surface area contributed by atoms with Crippen LogP contribution in [-0.2, 0) is 25.6 Å². The van der Waals surface area contributed by atoms with Crippen LogP contribution in [0.25, 0.3) is 6.08 Å². The maximum Gasteiger partial charge on any atom is 0.247 e. The first-order valence-corrected chi connectivity index (χ1v) is 16.6. The van der Waals surface area contributed by atoms with E-state index in [1.807, 2.05) is 58.0 Å². The van der Waals surface area contributed by atoms with Crippen LogP contribution in [0.2, 0.25) is 0 Å². The summed E-state index contributed by atoms with van der Waals surface area (Å²) in [6.07, 6.45) is 4.65. The largest absolute Gasteiger partial charge is 0.496 e. The maximum absolute atomic E-state index is 14.4. The number of hydrogen-bond acceptors (Lipinski definition) is 7. The van der Waals surface area contributed by atoms with Crippen LogP contribution >= 0.6 is 0 Å². The predicted molar refractivity (Wildman–Crippen MR) is 180 cm³/mol. The summed E-state index contributed by atoms with van der Waals surface area (Å²) in [6.45, 7) is 7.96. The third kappa shape index (κ3) is 8.51. The quantitative estimate of drug-likeness (QED) is 0.294. The minimum Gasteiger partial charge on any atom is -0.496 e. The standard InChI is InChI=1S/C36H49N5O6/c1-7-22(3)30-34(43)38-18-16-25-21-26(14-15-28(25)46-6)47-29-17-19-41(32(29)35(44)39-30)36(45)31(23(4)8-2)40-33(42)27(37-5)20-24-12-10-9-11-13-24/h9-16,18,21-23,27,29-32,37H,7-8,17,19-20H2,1-6H3,(H,38,43)(H,39,44)(H,40,42)/b18-16+/t22?,23-,27-,29-,30-,31-,32-/m0/s1. The number of carbonyl (C=O) groups is 4. The van der Waals surface area contributed by atoms with Crippen molar-refractivity contribution in [3.05, 3.63) is 65.9 Å². The van der Waals surface area contributed by atoms with E-state index in [2.05, 4.69) is 21.3 Å². The van der Waals surface area contributed by atoms with Crippen LogP contribution in [0.3, 0.4) is 0 Å². The minimum atomic E-state index is -1.03. The van der Waals surface area contributed by atoms with Gasteiger partial charge in [-0.15, -0.1) is 0 Å². The topological polar surface area (TPSA) is 138 Å². The monoisotopic (exact) mass is 647 g/mol. The van der Waals surface area contributed by atoms with Gasteiger partial charge in [-0.05, 0) is 55.1 Å². The second kappa shape index (κ2) is 16.4. The Morgan fingerprint density at radius 1 is 1.06 bits per heavy atom. The van der Waals surface area contributed by atoms with Crippen LogP contribution < -0.4 is 30.7 Å². The lowest BCUT2D eigenvalue weighted by atomic mass is 9.95. The fourth-order valence-corrected chi connectivity index (χ4v) is 6.07. The molecule has 11 heteroatoms. The zero-order valence-corrected chi connectivity index (χ0v) is 28.2. The first-order valence-electron chi connectivity index (χ1n) is 16.6. The molecule has 7 atom stereocenters. The summed E-state index contributed by atoms with van der Waals surface area (Å²) in [4.78, 5) is 57.0. The third-order valence-corrected chi connectivity index (χ3v) is 9.39. The summed E-state index contributed by atoms with van der Waals surface area (Å²) < 4.78 is 11.9. The maximum atomic E-state index is 14.4. The van der Waals surface area contributed by atoms with Crippen molar-refractivity contribution in [1.82, 2.24) is 26.2 Å². The van der Waals surface area contributed by atoms with Gasteiger partial charge in [0, 0.05) is 24.7 Å². The molecule has 0 aliphatic carbocycles. The highest BCUT2D eigenvalue weighted by molar-refractivity contribution is 5.96. The lowest BCUT2D eigenvalue weighted by Gasteiger charge is -2.34. The summed E-state index contributed by atoms with van der Waals surface area (Å²) in [5.41, 5.74) is 1.67. The van der Waals surface area contributed by atoms with E-state index in [-0.39, 0.29) is 36.1 Å². The summed E-state index contributed by atoms with van der Waals surface area (Å²) >= 11 is 0. The number of likely N-dealkylation sites (tertiary alicyclic amines) is 1. The van der Waals surface area contributed by atoms with Gasteiger partial charge in [0.15, 0.2) is 0 Å². The van der Waals surface area contributed by atoms with Gasteiger partial charge in [-0.3, -0.25) is 19.2 Å². The van der Waals surface area contributed by atoms with Crippen molar-refractivity contribution < 1.29 is 28.7 Å². The highest BCUT2D eigenvalue weighted by Crippen LogP contribution is 2.30. The van der Waals surface area contributed by atoms with E-state index in [0.29, 0.717) is 42.7 Å². The van der Waals surface area contributed by atoms with E-state index in [1.165, 1.54) is 11.1 Å². The van der Waals surface area contributed by atoms with Gasteiger partial charge in [0.05, 0.1) is 13.2 Å². The van der Waals surface area contributed by atoms with Crippen molar-refractivity contribution >= 4 is 29.7 Å². The van der Waals surface area contributed by atoms with Gasteiger partial charge in [-0.25, -0.2) is 0 Å². The van der Waals surface area contributed by atoms with Gasteiger partial charge in [-0.1, -0.05) is 70.9 Å². The number of benzene rings is 2. The number of hydrogen-bond donors (Lipinski definition) is 4. The number of nitrogens with one attached hydrogen (secondary N) is 4. The molecule has 2 bridgehead atoms. The molecule has 47 heavy (non-hydrogen) atoms. The molecule has 1 saturated heterocycles. The SMILES string of the molecule is CCC(C)[C@@H]1NC(=O)[C@@H]2[C@H](CCN2C(=O)[C@@H](NC(=O)[C@H](Cc2ccccc2)NC)[C@@H](C)CC)Oc2ccc(OC)c(c2)/C=C/NC1=O. The highest BCUT2D eigenvalue weighted by atomic mass is 16.5. The van der Waals surface area contributed by atoms with Crippen LogP contribution in [0.5, 0.6) is 11.5 Å². The van der Waals surface area contributed by atoms with Gasteiger partial charge in [-0.2, -0.15) is 0 Å². The Kier molecular flexibility index (Phi) is 12.4. The number of rotatable bonds is 11. The molecule has 2 aliphatic rings. The molecule has 4 amide bonds. The van der Waals surface area contributed by atoms with Crippen molar-refractivity contribution in [2.24, 2.45) is 11.8 Å². The number of carbonyl (C=O) groups excluding carboxylic acids is 4. The molecule has 2 heterocycles. The summed E-state index contributed by atoms with van der Waals surface area (Å²) in [5, 5.41) is 11.8. The summed E-state index contributed by atoms with van der Waals surface area (Å²) in [5.74, 6) is -0.827. The fraction of sp³-hybridized carbons (Fsp3) is 0.500. The van der Waals surface area contributed by atoms with Gasteiger partial charge in [0.2, 0.25) is 23.6 Å². The number of fused-ring (bicyclic) bond motifs is 3.